The predicted octanol–water partition coefficient (Wildman–Crippen LogP) is 2.59. The van der Waals surface area contributed by atoms with Gasteiger partial charge in [-0.05, 0) is 29.7 Å². The van der Waals surface area contributed by atoms with Crippen LogP contribution in [-0.2, 0) is 22.6 Å². The fourth-order valence-corrected chi connectivity index (χ4v) is 2.11. The average Bonchev–Trinajstić information content (AvgIpc) is 2.46. The fourth-order valence-electron chi connectivity index (χ4n) is 1.86. The van der Waals surface area contributed by atoms with Crippen molar-refractivity contribution in [1.29, 1.82) is 0 Å². The van der Waals surface area contributed by atoms with E-state index in [1.54, 1.807) is 0 Å². The molecule has 1 atom stereocenters. The number of hydrogen-bond donors (Lipinski definition) is 2. The molecule has 0 amide bonds. The molecule has 3 nitrogen and oxygen atoms in total. The molecule has 2 N–H and O–H groups in total. The van der Waals surface area contributed by atoms with Gasteiger partial charge in [0, 0.05) is 4.90 Å². The van der Waals surface area contributed by atoms with E-state index >= 15 is 0 Å². The number of ether oxygens (including phenoxy) is 1. The van der Waals surface area contributed by atoms with Gasteiger partial charge in [-0.15, -0.1) is 12.6 Å². The minimum Gasteiger partial charge on any atom is -0.460 e. The number of carbonyl (C=O) groups excluding carboxylic acids is 1. The highest BCUT2D eigenvalue weighted by molar-refractivity contribution is 7.80. The van der Waals surface area contributed by atoms with Gasteiger partial charge >= 0.3 is 5.97 Å². The molecule has 2 aromatic carbocycles. The summed E-state index contributed by atoms with van der Waals surface area (Å²) in [7, 11) is 0. The van der Waals surface area contributed by atoms with E-state index in [0.717, 1.165) is 16.0 Å². The van der Waals surface area contributed by atoms with Crippen molar-refractivity contribution >= 4 is 18.6 Å². The molecule has 0 saturated carbocycles. The van der Waals surface area contributed by atoms with Crippen LogP contribution in [0.1, 0.15) is 11.1 Å². The molecular weight excluding hydrogens is 270 g/mol. The topological polar surface area (TPSA) is 52.3 Å². The van der Waals surface area contributed by atoms with Gasteiger partial charge in [0.2, 0.25) is 0 Å². The molecule has 0 fully saturated rings. The number of benzene rings is 2. The van der Waals surface area contributed by atoms with Crippen LogP contribution in [0.4, 0.5) is 0 Å². The third-order valence-corrected chi connectivity index (χ3v) is 3.17. The summed E-state index contributed by atoms with van der Waals surface area (Å²) < 4.78 is 5.21. The molecule has 0 heterocycles. The lowest BCUT2D eigenvalue weighted by Gasteiger charge is -2.12. The zero-order chi connectivity index (χ0) is 14.4. The Kier molecular flexibility index (Phi) is 5.21. The normalized spacial score (nSPS) is 11.9. The predicted molar refractivity (Wildman–Crippen MR) is 81.6 cm³/mol. The van der Waals surface area contributed by atoms with Crippen molar-refractivity contribution in [3.05, 3.63) is 65.7 Å². The standard InChI is InChI=1S/C16H17NO2S/c17-15(10-13-7-4-8-14(20)9-13)16(18)19-11-12-5-2-1-3-6-12/h1-9,15,20H,10-11,17H2. The Hall–Kier alpha value is -1.78. The Morgan fingerprint density at radius 2 is 1.80 bits per heavy atom. The van der Waals surface area contributed by atoms with Crippen molar-refractivity contribution in [3.8, 4) is 0 Å². The third kappa shape index (κ3) is 4.40. The van der Waals surface area contributed by atoms with Crippen LogP contribution in [0.15, 0.2) is 59.5 Å². The van der Waals surface area contributed by atoms with Gasteiger partial charge < -0.3 is 10.5 Å². The van der Waals surface area contributed by atoms with Crippen LogP contribution in [0.2, 0.25) is 0 Å². The molecule has 0 aliphatic carbocycles. The minimum atomic E-state index is -0.658. The van der Waals surface area contributed by atoms with Crippen LogP contribution in [-0.4, -0.2) is 12.0 Å². The third-order valence-electron chi connectivity index (χ3n) is 2.89. The quantitative estimate of drug-likeness (QED) is 0.656. The fraction of sp³-hybridized carbons (Fsp3) is 0.188. The van der Waals surface area contributed by atoms with E-state index in [1.165, 1.54) is 0 Å². The van der Waals surface area contributed by atoms with E-state index in [0.29, 0.717) is 6.42 Å². The number of hydrogen-bond acceptors (Lipinski definition) is 4. The van der Waals surface area contributed by atoms with Crippen molar-refractivity contribution in [2.45, 2.75) is 24.0 Å². The molecule has 20 heavy (non-hydrogen) atoms. The van der Waals surface area contributed by atoms with Crippen LogP contribution >= 0.6 is 12.6 Å². The minimum absolute atomic E-state index is 0.250. The maximum atomic E-state index is 11.8. The van der Waals surface area contributed by atoms with Crippen LogP contribution in [0.3, 0.4) is 0 Å². The van der Waals surface area contributed by atoms with Crippen molar-refractivity contribution in [2.75, 3.05) is 0 Å². The molecule has 0 spiro atoms. The molecule has 0 aliphatic rings. The maximum absolute atomic E-state index is 11.8. The van der Waals surface area contributed by atoms with Gasteiger partial charge in [-0.2, -0.15) is 0 Å². The molecule has 0 aromatic heterocycles. The van der Waals surface area contributed by atoms with Gasteiger partial charge in [0.15, 0.2) is 0 Å². The highest BCUT2D eigenvalue weighted by atomic mass is 32.1. The molecule has 0 aliphatic heterocycles. The second-order valence-electron chi connectivity index (χ2n) is 4.57. The van der Waals surface area contributed by atoms with E-state index in [9.17, 15) is 4.79 Å². The van der Waals surface area contributed by atoms with E-state index in [2.05, 4.69) is 12.6 Å². The first-order chi connectivity index (χ1) is 9.65. The summed E-state index contributed by atoms with van der Waals surface area (Å²) in [6, 6.07) is 16.5. The van der Waals surface area contributed by atoms with Crippen molar-refractivity contribution < 1.29 is 9.53 Å². The van der Waals surface area contributed by atoms with Crippen molar-refractivity contribution in [3.63, 3.8) is 0 Å². The van der Waals surface area contributed by atoms with Crippen LogP contribution in [0, 0.1) is 0 Å². The monoisotopic (exact) mass is 287 g/mol. The Morgan fingerprint density at radius 1 is 1.10 bits per heavy atom. The molecule has 104 valence electrons. The number of rotatable bonds is 5. The van der Waals surface area contributed by atoms with Crippen molar-refractivity contribution in [1.82, 2.24) is 0 Å². The van der Waals surface area contributed by atoms with Crippen LogP contribution in [0.5, 0.6) is 0 Å². The van der Waals surface area contributed by atoms with Gasteiger partial charge in [0.25, 0.3) is 0 Å². The summed E-state index contributed by atoms with van der Waals surface area (Å²) in [5.41, 5.74) is 7.79. The largest absolute Gasteiger partial charge is 0.460 e. The Labute approximate surface area is 124 Å². The van der Waals surface area contributed by atoms with E-state index < -0.39 is 12.0 Å². The Bertz CT molecular complexity index is 572. The molecule has 0 radical (unpaired) electrons. The van der Waals surface area contributed by atoms with Gasteiger partial charge in [-0.3, -0.25) is 4.79 Å². The summed E-state index contributed by atoms with van der Waals surface area (Å²) in [6.45, 7) is 0.250. The molecule has 2 rings (SSSR count). The first kappa shape index (κ1) is 14.6. The number of esters is 1. The van der Waals surface area contributed by atoms with Gasteiger partial charge in [0.1, 0.15) is 12.6 Å². The smallest absolute Gasteiger partial charge is 0.323 e. The van der Waals surface area contributed by atoms with Gasteiger partial charge in [-0.25, -0.2) is 0 Å². The first-order valence-electron chi connectivity index (χ1n) is 6.39. The van der Waals surface area contributed by atoms with Gasteiger partial charge in [-0.1, -0.05) is 42.5 Å². The highest BCUT2D eigenvalue weighted by Gasteiger charge is 2.15. The Morgan fingerprint density at radius 3 is 2.50 bits per heavy atom. The van der Waals surface area contributed by atoms with Gasteiger partial charge in [0.05, 0.1) is 0 Å². The summed E-state index contributed by atoms with van der Waals surface area (Å²) in [6.07, 6.45) is 0.446. The van der Waals surface area contributed by atoms with E-state index in [4.69, 9.17) is 10.5 Å². The lowest BCUT2D eigenvalue weighted by atomic mass is 10.1. The SMILES string of the molecule is NC(Cc1cccc(S)c1)C(=O)OCc1ccccc1. The molecule has 0 saturated heterocycles. The summed E-state index contributed by atoms with van der Waals surface area (Å²) in [4.78, 5) is 12.7. The highest BCUT2D eigenvalue weighted by Crippen LogP contribution is 2.11. The molecule has 1 unspecified atom stereocenters. The lowest BCUT2D eigenvalue weighted by molar-refractivity contribution is -0.146. The van der Waals surface area contributed by atoms with Crippen LogP contribution in [0.25, 0.3) is 0 Å². The first-order valence-corrected chi connectivity index (χ1v) is 6.84. The van der Waals surface area contributed by atoms with E-state index in [1.807, 2.05) is 54.6 Å². The molecule has 2 aromatic rings. The zero-order valence-corrected chi connectivity index (χ0v) is 11.9. The lowest BCUT2D eigenvalue weighted by Crippen LogP contribution is -2.34. The summed E-state index contributed by atoms with van der Waals surface area (Å²) >= 11 is 4.26. The molecule has 4 heteroatoms. The average molecular weight is 287 g/mol. The molecule has 0 bridgehead atoms. The molecular formula is C16H17NO2S. The number of carbonyl (C=O) groups is 1. The maximum Gasteiger partial charge on any atom is 0.323 e. The number of nitrogens with two attached hydrogens (primary N) is 1. The Balaban J connectivity index is 1.86. The summed E-state index contributed by atoms with van der Waals surface area (Å²) in [5.74, 6) is -0.390. The second kappa shape index (κ2) is 7.12. The number of thiol groups is 1. The van der Waals surface area contributed by atoms with Crippen molar-refractivity contribution in [2.24, 2.45) is 5.73 Å². The van der Waals surface area contributed by atoms with Crippen LogP contribution < -0.4 is 5.73 Å². The summed E-state index contributed by atoms with van der Waals surface area (Å²) in [5, 5.41) is 0. The van der Waals surface area contributed by atoms with E-state index in [-0.39, 0.29) is 6.61 Å². The second-order valence-corrected chi connectivity index (χ2v) is 5.09. The zero-order valence-electron chi connectivity index (χ0n) is 11.0.